The van der Waals surface area contributed by atoms with Gasteiger partial charge in [0, 0.05) is 21.5 Å². The monoisotopic (exact) mass is 571 g/mol. The molecular weight excluding hydrogens is 546 g/mol. The maximum atomic E-state index is 6.13. The lowest BCUT2D eigenvalue weighted by Gasteiger charge is -2.39. The molecule has 0 unspecified atom stereocenters. The molecule has 45 heavy (non-hydrogen) atoms. The van der Waals surface area contributed by atoms with E-state index in [0.717, 1.165) is 21.9 Å². The minimum absolute atomic E-state index is 0.385. The summed E-state index contributed by atoms with van der Waals surface area (Å²) < 4.78 is 8.65. The number of nitrogens with zero attached hydrogens (tertiary/aromatic N) is 1. The van der Waals surface area contributed by atoms with Crippen LogP contribution in [0.5, 0.6) is 0 Å². The summed E-state index contributed by atoms with van der Waals surface area (Å²) in [5.74, 6) is 0. The summed E-state index contributed by atoms with van der Waals surface area (Å²) in [7, 11) is 0. The fourth-order valence-corrected chi connectivity index (χ4v) is 8.65. The SMILES string of the molecule is c1ccc2c(c1)-c1ccccc1C21c2ccccc2-n2c3ccc(-c4ccc5oc6ccccc6c5c4)cc3c3cccc1c32. The maximum Gasteiger partial charge on any atom is 0.135 e. The molecule has 0 bridgehead atoms. The van der Waals surface area contributed by atoms with Crippen LogP contribution in [0, 0.1) is 0 Å². The second-order valence-electron chi connectivity index (χ2n) is 12.4. The maximum absolute atomic E-state index is 6.13. The molecule has 2 nitrogen and oxygen atoms in total. The first-order chi connectivity index (χ1) is 22.3. The van der Waals surface area contributed by atoms with Gasteiger partial charge in [0.1, 0.15) is 11.2 Å². The van der Waals surface area contributed by atoms with Gasteiger partial charge in [0.05, 0.1) is 22.1 Å². The van der Waals surface area contributed by atoms with Crippen molar-refractivity contribution in [1.29, 1.82) is 0 Å². The van der Waals surface area contributed by atoms with Gasteiger partial charge < -0.3 is 8.98 Å². The van der Waals surface area contributed by atoms with Crippen LogP contribution >= 0.6 is 0 Å². The Morgan fingerprint density at radius 1 is 0.422 bits per heavy atom. The summed E-state index contributed by atoms with van der Waals surface area (Å²) in [6.45, 7) is 0. The normalized spacial score (nSPS) is 14.0. The lowest BCUT2D eigenvalue weighted by atomic mass is 9.65. The number of hydrogen-bond acceptors (Lipinski definition) is 1. The average molecular weight is 572 g/mol. The zero-order chi connectivity index (χ0) is 29.3. The highest BCUT2D eigenvalue weighted by Gasteiger charge is 2.50. The van der Waals surface area contributed by atoms with Gasteiger partial charge in [0.25, 0.3) is 0 Å². The van der Waals surface area contributed by atoms with Gasteiger partial charge in [-0.3, -0.25) is 0 Å². The molecule has 3 heterocycles. The van der Waals surface area contributed by atoms with Crippen LogP contribution in [0.3, 0.4) is 0 Å². The summed E-state index contributed by atoms with van der Waals surface area (Å²) in [6, 6.07) is 55.9. The molecule has 0 atom stereocenters. The molecule has 1 aliphatic carbocycles. The Bertz CT molecular complexity index is 2670. The van der Waals surface area contributed by atoms with Crippen LogP contribution in [0.25, 0.3) is 71.7 Å². The van der Waals surface area contributed by atoms with E-state index in [-0.39, 0.29) is 5.41 Å². The Labute approximate surface area is 259 Å². The molecule has 0 saturated carbocycles. The second kappa shape index (κ2) is 8.19. The van der Waals surface area contributed by atoms with Gasteiger partial charge in [-0.2, -0.15) is 0 Å². The van der Waals surface area contributed by atoms with E-state index in [0.29, 0.717) is 0 Å². The first-order valence-corrected chi connectivity index (χ1v) is 15.6. The minimum atomic E-state index is -0.385. The zero-order valence-corrected chi connectivity index (χ0v) is 24.3. The molecule has 0 N–H and O–H groups in total. The number of aromatic nitrogens is 1. The van der Waals surface area contributed by atoms with Gasteiger partial charge in [0.15, 0.2) is 0 Å². The Balaban J connectivity index is 1.24. The largest absolute Gasteiger partial charge is 0.456 e. The predicted molar refractivity (Wildman–Crippen MR) is 184 cm³/mol. The molecule has 1 spiro atoms. The van der Waals surface area contributed by atoms with E-state index < -0.39 is 0 Å². The second-order valence-corrected chi connectivity index (χ2v) is 12.4. The van der Waals surface area contributed by atoms with Crippen LogP contribution in [0.4, 0.5) is 0 Å². The lowest BCUT2D eigenvalue weighted by Crippen LogP contribution is -2.33. The molecule has 0 amide bonds. The van der Waals surface area contributed by atoms with Gasteiger partial charge in [-0.15, -0.1) is 0 Å². The minimum Gasteiger partial charge on any atom is -0.456 e. The fourth-order valence-electron chi connectivity index (χ4n) is 8.65. The van der Waals surface area contributed by atoms with E-state index in [9.17, 15) is 0 Å². The van der Waals surface area contributed by atoms with Crippen molar-refractivity contribution < 1.29 is 4.42 Å². The van der Waals surface area contributed by atoms with Crippen molar-refractivity contribution in [2.24, 2.45) is 0 Å². The summed E-state index contributed by atoms with van der Waals surface area (Å²) >= 11 is 0. The molecule has 2 aliphatic rings. The highest BCUT2D eigenvalue weighted by Crippen LogP contribution is 2.60. The van der Waals surface area contributed by atoms with Gasteiger partial charge in [-0.25, -0.2) is 0 Å². The van der Waals surface area contributed by atoms with Crippen molar-refractivity contribution in [2.75, 3.05) is 0 Å². The smallest absolute Gasteiger partial charge is 0.135 e. The Morgan fingerprint density at radius 3 is 1.84 bits per heavy atom. The molecule has 7 aromatic carbocycles. The molecule has 208 valence electrons. The zero-order valence-electron chi connectivity index (χ0n) is 24.3. The number of rotatable bonds is 1. The predicted octanol–water partition coefficient (Wildman–Crippen LogP) is 11.0. The number of hydrogen-bond donors (Lipinski definition) is 0. The topological polar surface area (TPSA) is 18.1 Å². The van der Waals surface area contributed by atoms with Crippen LogP contribution < -0.4 is 0 Å². The number of furan rings is 1. The van der Waals surface area contributed by atoms with Crippen LogP contribution in [-0.2, 0) is 5.41 Å². The Kier molecular flexibility index (Phi) is 4.29. The van der Waals surface area contributed by atoms with Crippen LogP contribution in [0.15, 0.2) is 156 Å². The first kappa shape index (κ1) is 23.6. The number of benzene rings is 7. The molecular formula is C43H25NO. The standard InChI is InChI=1S/C43H25NO/c1-4-14-34-28(10-1)29-11-2-5-15-35(29)43(34)36-16-6-7-18-39(36)44-38-22-20-26(24-32(38)31-13-9-17-37(43)42(31)44)27-21-23-41-33(25-27)30-12-3-8-19-40(30)45-41/h1-25H. The van der Waals surface area contributed by atoms with Crippen molar-refractivity contribution in [3.8, 4) is 27.9 Å². The molecule has 9 aromatic rings. The van der Waals surface area contributed by atoms with Crippen molar-refractivity contribution in [3.05, 3.63) is 174 Å². The molecule has 11 rings (SSSR count). The van der Waals surface area contributed by atoms with Gasteiger partial charge in [-0.05, 0) is 80.9 Å². The third-order valence-corrected chi connectivity index (χ3v) is 10.4. The molecule has 0 radical (unpaired) electrons. The molecule has 0 saturated heterocycles. The van der Waals surface area contributed by atoms with E-state index in [1.807, 2.05) is 12.1 Å². The first-order valence-electron chi connectivity index (χ1n) is 15.6. The van der Waals surface area contributed by atoms with Gasteiger partial charge >= 0.3 is 0 Å². The van der Waals surface area contributed by atoms with Crippen LogP contribution in [0.1, 0.15) is 22.3 Å². The van der Waals surface area contributed by atoms with Crippen LogP contribution in [-0.4, -0.2) is 4.57 Å². The van der Waals surface area contributed by atoms with E-state index in [1.165, 1.54) is 72.0 Å². The summed E-state index contributed by atoms with van der Waals surface area (Å²) in [4.78, 5) is 0. The Hall–Kier alpha value is -5.86. The third kappa shape index (κ3) is 2.77. The summed E-state index contributed by atoms with van der Waals surface area (Å²) in [5, 5.41) is 4.87. The Morgan fingerprint density at radius 2 is 1.02 bits per heavy atom. The van der Waals surface area contributed by atoms with E-state index in [1.54, 1.807) is 0 Å². The van der Waals surface area contributed by atoms with Crippen molar-refractivity contribution in [2.45, 2.75) is 5.41 Å². The number of para-hydroxylation sites is 3. The summed E-state index contributed by atoms with van der Waals surface area (Å²) in [5.41, 5.74) is 15.7. The van der Waals surface area contributed by atoms with Gasteiger partial charge in [-0.1, -0.05) is 115 Å². The highest BCUT2D eigenvalue weighted by atomic mass is 16.3. The third-order valence-electron chi connectivity index (χ3n) is 10.4. The lowest BCUT2D eigenvalue weighted by molar-refractivity contribution is 0.669. The summed E-state index contributed by atoms with van der Waals surface area (Å²) in [6.07, 6.45) is 0. The van der Waals surface area contributed by atoms with E-state index >= 15 is 0 Å². The van der Waals surface area contributed by atoms with Crippen molar-refractivity contribution in [1.82, 2.24) is 4.57 Å². The molecule has 1 aliphatic heterocycles. The average Bonchev–Trinajstić information content (AvgIpc) is 3.74. The molecule has 2 aromatic heterocycles. The highest BCUT2D eigenvalue weighted by molar-refractivity contribution is 6.14. The fraction of sp³-hybridized carbons (Fsp3) is 0.0233. The quantitative estimate of drug-likeness (QED) is 0.192. The molecule has 2 heteroatoms. The van der Waals surface area contributed by atoms with E-state index in [2.05, 4.69) is 144 Å². The van der Waals surface area contributed by atoms with E-state index in [4.69, 9.17) is 4.42 Å². The van der Waals surface area contributed by atoms with Crippen LogP contribution in [0.2, 0.25) is 0 Å². The number of fused-ring (bicyclic) bond motifs is 15. The van der Waals surface area contributed by atoms with Crippen molar-refractivity contribution in [3.63, 3.8) is 0 Å². The van der Waals surface area contributed by atoms with Gasteiger partial charge in [0.2, 0.25) is 0 Å². The molecule has 0 fully saturated rings. The van der Waals surface area contributed by atoms with Crippen molar-refractivity contribution >= 4 is 43.7 Å².